The normalized spacial score (nSPS) is 23.3. The van der Waals surface area contributed by atoms with Crippen molar-refractivity contribution in [3.8, 4) is 0 Å². The molecule has 4 heteroatoms. The number of amides is 1. The van der Waals surface area contributed by atoms with Crippen LogP contribution in [0, 0.1) is 5.41 Å². The van der Waals surface area contributed by atoms with Crippen molar-refractivity contribution in [1.82, 2.24) is 5.10 Å². The third-order valence-corrected chi connectivity index (χ3v) is 2.85. The van der Waals surface area contributed by atoms with Crippen LogP contribution < -0.4 is 21.4 Å². The van der Waals surface area contributed by atoms with Gasteiger partial charge in [-0.15, -0.1) is 5.10 Å². The Labute approximate surface area is 99.2 Å². The average molecular weight is 230 g/mol. The molecule has 1 aliphatic rings. The number of fused-ring (bicyclic) bond motifs is 1. The number of hydrogen-bond donors (Lipinski definition) is 2. The molecule has 0 fully saturated rings. The number of nitrogens with two attached hydrogens (primary N) is 1. The van der Waals surface area contributed by atoms with Crippen LogP contribution in [-0.4, -0.2) is 11.0 Å². The maximum Gasteiger partial charge on any atom is 0.251 e. The Kier molecular flexibility index (Phi) is 2.71. The summed E-state index contributed by atoms with van der Waals surface area (Å²) in [6, 6.07) is 0. The Morgan fingerprint density at radius 3 is 3.00 bits per heavy atom. The molecule has 4 nitrogen and oxygen atoms in total. The lowest BCUT2D eigenvalue weighted by Crippen LogP contribution is -2.30. The molecule has 0 saturated heterocycles. The molecule has 0 aliphatic heterocycles. The van der Waals surface area contributed by atoms with Crippen LogP contribution in [-0.2, 0) is 4.79 Å². The van der Waals surface area contributed by atoms with Gasteiger partial charge >= 0.3 is 0 Å². The first kappa shape index (κ1) is 11.4. The van der Waals surface area contributed by atoms with Crippen LogP contribution in [0.4, 0.5) is 0 Å². The van der Waals surface area contributed by atoms with E-state index in [9.17, 15) is 4.79 Å². The predicted octanol–water partition coefficient (Wildman–Crippen LogP) is -0.602. The van der Waals surface area contributed by atoms with Gasteiger partial charge in [-0.25, -0.2) is 0 Å². The fourth-order valence-electron chi connectivity index (χ4n) is 2.06. The fraction of sp³-hybridized carbons (Fsp3) is 0.231. The van der Waals surface area contributed by atoms with E-state index in [1.165, 1.54) is 0 Å². The van der Waals surface area contributed by atoms with E-state index in [0.717, 1.165) is 10.6 Å². The van der Waals surface area contributed by atoms with E-state index in [2.05, 4.69) is 29.3 Å². The number of hydrogen-bond acceptors (Lipinski definition) is 1. The molecule has 0 saturated carbocycles. The van der Waals surface area contributed by atoms with Crippen molar-refractivity contribution in [3.63, 3.8) is 0 Å². The van der Waals surface area contributed by atoms with Crippen molar-refractivity contribution >= 4 is 17.6 Å². The lowest BCUT2D eigenvalue weighted by molar-refractivity contribution is -0.450. The topological polar surface area (TPSA) is 73.0 Å². The summed E-state index contributed by atoms with van der Waals surface area (Å²) in [5, 5.41) is 7.52. The highest BCUT2D eigenvalue weighted by atomic mass is 16.1. The quantitative estimate of drug-likeness (QED) is 0.654. The molecule has 1 aliphatic carbocycles. The van der Waals surface area contributed by atoms with Crippen molar-refractivity contribution in [2.45, 2.75) is 13.8 Å². The summed E-state index contributed by atoms with van der Waals surface area (Å²) in [6.45, 7) is 4.05. The van der Waals surface area contributed by atoms with E-state index >= 15 is 0 Å². The number of carbonyl (C=O) groups is 1. The van der Waals surface area contributed by atoms with Crippen molar-refractivity contribution < 1.29 is 9.89 Å². The monoisotopic (exact) mass is 230 g/mol. The van der Waals surface area contributed by atoms with Crippen molar-refractivity contribution in [1.29, 1.82) is 0 Å². The van der Waals surface area contributed by atoms with E-state index in [1.54, 1.807) is 6.08 Å². The molecule has 1 aromatic rings. The average Bonchev–Trinajstić information content (AvgIpc) is 2.61. The van der Waals surface area contributed by atoms with Crippen LogP contribution in [0.3, 0.4) is 0 Å². The SMILES string of the molecule is CC=CC1(C)C=CC(C(N)=O)=c2[nH][nH+]cc2=C1. The summed E-state index contributed by atoms with van der Waals surface area (Å²) >= 11 is 0. The predicted molar refractivity (Wildman–Crippen MR) is 65.7 cm³/mol. The zero-order chi connectivity index (χ0) is 12.5. The van der Waals surface area contributed by atoms with Crippen LogP contribution in [0.5, 0.6) is 0 Å². The second kappa shape index (κ2) is 4.05. The number of aromatic nitrogens is 2. The first-order chi connectivity index (χ1) is 8.06. The Morgan fingerprint density at radius 2 is 2.35 bits per heavy atom. The van der Waals surface area contributed by atoms with Gasteiger partial charge in [0.15, 0.2) is 6.20 Å². The molecule has 4 N–H and O–H groups in total. The standard InChI is InChI=1S/C13H15N3O/c1-3-5-13(2)6-4-10(12(14)17)11-9(7-13)8-15-16-11/h3-8,16H,1-2H3,(H2,14,17)/p+1. The number of primary amides is 1. The maximum atomic E-state index is 11.4. The van der Waals surface area contributed by atoms with Crippen molar-refractivity contribution in [3.05, 3.63) is 41.1 Å². The fourth-order valence-corrected chi connectivity index (χ4v) is 2.06. The van der Waals surface area contributed by atoms with Gasteiger partial charge in [-0.2, -0.15) is 5.10 Å². The molecule has 1 heterocycles. The largest absolute Gasteiger partial charge is 0.366 e. The highest BCUT2D eigenvalue weighted by Crippen LogP contribution is 2.24. The van der Waals surface area contributed by atoms with Crippen LogP contribution in [0.2, 0.25) is 0 Å². The summed E-state index contributed by atoms with van der Waals surface area (Å²) in [5.74, 6) is -0.434. The molecule has 2 rings (SSSR count). The summed E-state index contributed by atoms with van der Waals surface area (Å²) in [4.78, 5) is 11.4. The molecule has 0 aromatic carbocycles. The molecule has 0 spiro atoms. The van der Waals surface area contributed by atoms with Crippen molar-refractivity contribution in [2.75, 3.05) is 0 Å². The highest BCUT2D eigenvalue weighted by molar-refractivity contribution is 6.16. The molecule has 0 bridgehead atoms. The highest BCUT2D eigenvalue weighted by Gasteiger charge is 2.19. The third-order valence-electron chi connectivity index (χ3n) is 2.85. The van der Waals surface area contributed by atoms with Crippen LogP contribution in [0.25, 0.3) is 11.6 Å². The summed E-state index contributed by atoms with van der Waals surface area (Å²) in [7, 11) is 0. The van der Waals surface area contributed by atoms with Gasteiger partial charge in [0.05, 0.1) is 10.8 Å². The van der Waals surface area contributed by atoms with Crippen LogP contribution in [0.15, 0.2) is 30.5 Å². The Bertz CT molecular complexity index is 621. The van der Waals surface area contributed by atoms with Gasteiger partial charge in [-0.1, -0.05) is 24.3 Å². The third kappa shape index (κ3) is 2.06. The van der Waals surface area contributed by atoms with E-state index in [4.69, 9.17) is 5.73 Å². The molecule has 17 heavy (non-hydrogen) atoms. The number of rotatable bonds is 2. The first-order valence-corrected chi connectivity index (χ1v) is 5.51. The van der Waals surface area contributed by atoms with Gasteiger partial charge < -0.3 is 5.73 Å². The van der Waals surface area contributed by atoms with Gasteiger partial charge in [-0.3, -0.25) is 4.79 Å². The lowest BCUT2D eigenvalue weighted by atomic mass is 9.89. The molecule has 1 aromatic heterocycles. The zero-order valence-electron chi connectivity index (χ0n) is 9.95. The molecular weight excluding hydrogens is 214 g/mol. The lowest BCUT2D eigenvalue weighted by Gasteiger charge is -2.15. The van der Waals surface area contributed by atoms with Gasteiger partial charge in [-0.05, 0) is 19.9 Å². The van der Waals surface area contributed by atoms with Crippen LogP contribution >= 0.6 is 0 Å². The summed E-state index contributed by atoms with van der Waals surface area (Å²) in [5.41, 5.74) is 5.66. The number of H-pyrrole nitrogens is 2. The zero-order valence-corrected chi connectivity index (χ0v) is 9.95. The Hall–Kier alpha value is -2.10. The second-order valence-corrected chi connectivity index (χ2v) is 4.37. The minimum absolute atomic E-state index is 0.212. The minimum atomic E-state index is -0.434. The molecule has 0 radical (unpaired) electrons. The molecule has 1 amide bonds. The Balaban J connectivity index is 2.76. The van der Waals surface area contributed by atoms with Gasteiger partial charge in [0, 0.05) is 5.41 Å². The van der Waals surface area contributed by atoms with Gasteiger partial charge in [0.2, 0.25) is 0 Å². The molecular formula is C13H16N3O+. The number of allylic oxidation sites excluding steroid dienone is 3. The van der Waals surface area contributed by atoms with Gasteiger partial charge in [0.25, 0.3) is 5.91 Å². The maximum absolute atomic E-state index is 11.4. The van der Waals surface area contributed by atoms with E-state index < -0.39 is 5.91 Å². The van der Waals surface area contributed by atoms with Crippen molar-refractivity contribution in [2.24, 2.45) is 11.1 Å². The summed E-state index contributed by atoms with van der Waals surface area (Å²) in [6.07, 6.45) is 11.7. The minimum Gasteiger partial charge on any atom is -0.366 e. The molecule has 1 atom stereocenters. The van der Waals surface area contributed by atoms with Crippen LogP contribution in [0.1, 0.15) is 13.8 Å². The molecule has 88 valence electrons. The first-order valence-electron chi connectivity index (χ1n) is 5.51. The van der Waals surface area contributed by atoms with E-state index in [1.807, 2.05) is 25.3 Å². The number of carbonyl (C=O) groups excluding carboxylic acids is 1. The smallest absolute Gasteiger partial charge is 0.251 e. The van der Waals surface area contributed by atoms with Gasteiger partial charge in [0.1, 0.15) is 5.35 Å². The number of nitrogens with one attached hydrogen (secondary N) is 2. The Morgan fingerprint density at radius 1 is 1.59 bits per heavy atom. The second-order valence-electron chi connectivity index (χ2n) is 4.37. The molecule has 1 unspecified atom stereocenters. The van der Waals surface area contributed by atoms with E-state index in [0.29, 0.717) is 5.57 Å². The summed E-state index contributed by atoms with van der Waals surface area (Å²) < 4.78 is 0. The van der Waals surface area contributed by atoms with E-state index in [-0.39, 0.29) is 5.41 Å². The number of aromatic amines is 2.